The highest BCUT2D eigenvalue weighted by molar-refractivity contribution is 7.22. The Morgan fingerprint density at radius 1 is 1.24 bits per heavy atom. The van der Waals surface area contributed by atoms with Crippen molar-refractivity contribution in [2.75, 3.05) is 13.2 Å². The van der Waals surface area contributed by atoms with Gasteiger partial charge in [-0.05, 0) is 31.0 Å². The van der Waals surface area contributed by atoms with Crippen LogP contribution in [0.5, 0.6) is 0 Å². The van der Waals surface area contributed by atoms with E-state index in [9.17, 15) is 9.59 Å². The zero-order valence-corrected chi connectivity index (χ0v) is 23.9. The van der Waals surface area contributed by atoms with Crippen molar-refractivity contribution in [2.24, 2.45) is 0 Å². The fraction of sp³-hybridized carbons (Fsp3) is 0.393. The monoisotopic (exact) mass is 552 g/mol. The van der Waals surface area contributed by atoms with Crippen molar-refractivity contribution in [1.29, 1.82) is 0 Å². The number of aromatic nitrogens is 2. The van der Waals surface area contributed by atoms with Crippen LogP contribution in [0.15, 0.2) is 58.0 Å². The first kappa shape index (κ1) is 26.5. The van der Waals surface area contributed by atoms with Gasteiger partial charge in [0.25, 0.3) is 0 Å². The number of ether oxygens (including phenoxy) is 3. The largest absolute Gasteiger partial charge is 0.458 e. The summed E-state index contributed by atoms with van der Waals surface area (Å²) >= 11 is 1.36. The molecule has 0 fully saturated rings. The minimum Gasteiger partial charge on any atom is -0.458 e. The predicted molar refractivity (Wildman–Crippen MR) is 149 cm³/mol. The van der Waals surface area contributed by atoms with Gasteiger partial charge in [-0.25, -0.2) is 14.3 Å². The average molecular weight is 553 g/mol. The highest BCUT2D eigenvalue weighted by Crippen LogP contribution is 2.40. The lowest BCUT2D eigenvalue weighted by molar-refractivity contribution is -0.178. The second-order valence-electron chi connectivity index (χ2n) is 10.9. The Bertz CT molecular complexity index is 1500. The summed E-state index contributed by atoms with van der Waals surface area (Å²) in [4.78, 5) is 27.1. The number of fused-ring (bicyclic) bond motifs is 3. The number of thiophene rings is 1. The molecule has 4 aromatic rings. The second-order valence-corrected chi connectivity index (χ2v) is 17.5. The number of hydrogen-bond donors (Lipinski definition) is 0. The molecule has 5 rings (SSSR count). The van der Waals surface area contributed by atoms with Crippen molar-refractivity contribution in [3.63, 3.8) is 0 Å². The van der Waals surface area contributed by atoms with Crippen LogP contribution in [0.3, 0.4) is 0 Å². The zero-order chi connectivity index (χ0) is 26.9. The standard InChI is InChI=1S/C28H32N2O6SSi/c1-28(27(32)34-17-19-8-6-5-7-9-19)25-21(10-11-35-28)22-14-23(37-24(22)26(31)36-25)20-15-29-30(16-20)18-33-12-13-38(2,3)4/h5-9,14-16H,10-13,17-18H2,1-4H3. The van der Waals surface area contributed by atoms with Gasteiger partial charge in [-0.2, -0.15) is 5.10 Å². The van der Waals surface area contributed by atoms with E-state index in [2.05, 4.69) is 24.7 Å². The second kappa shape index (κ2) is 10.6. The van der Waals surface area contributed by atoms with Crippen molar-refractivity contribution in [1.82, 2.24) is 9.78 Å². The number of esters is 1. The molecule has 1 aliphatic heterocycles. The van der Waals surface area contributed by atoms with Gasteiger partial charge in [0.1, 0.15) is 18.0 Å². The van der Waals surface area contributed by atoms with Gasteiger partial charge in [0.2, 0.25) is 5.60 Å². The van der Waals surface area contributed by atoms with Crippen LogP contribution in [0.4, 0.5) is 0 Å². The van der Waals surface area contributed by atoms with Gasteiger partial charge in [-0.15, -0.1) is 11.3 Å². The minimum atomic E-state index is -1.50. The summed E-state index contributed by atoms with van der Waals surface area (Å²) in [5.41, 5.74) is 0.557. The van der Waals surface area contributed by atoms with Crippen LogP contribution in [0.1, 0.15) is 23.8 Å². The molecule has 0 amide bonds. The van der Waals surface area contributed by atoms with Crippen molar-refractivity contribution in [2.45, 2.75) is 58.0 Å². The van der Waals surface area contributed by atoms with Gasteiger partial charge in [0.15, 0.2) is 5.76 Å². The van der Waals surface area contributed by atoms with Gasteiger partial charge in [0.05, 0.1) is 12.8 Å². The smallest absolute Gasteiger partial charge is 0.354 e. The van der Waals surface area contributed by atoms with Crippen molar-refractivity contribution >= 4 is 35.5 Å². The Morgan fingerprint density at radius 3 is 2.79 bits per heavy atom. The molecule has 0 saturated carbocycles. The Labute approximate surface area is 226 Å². The number of carbonyl (C=O) groups is 1. The maximum atomic E-state index is 13.2. The predicted octanol–water partition coefficient (Wildman–Crippen LogP) is 5.56. The summed E-state index contributed by atoms with van der Waals surface area (Å²) in [7, 11) is -1.15. The fourth-order valence-electron chi connectivity index (χ4n) is 4.40. The summed E-state index contributed by atoms with van der Waals surface area (Å²) < 4.78 is 25.3. The maximum Gasteiger partial charge on any atom is 0.354 e. The van der Waals surface area contributed by atoms with E-state index in [4.69, 9.17) is 18.6 Å². The molecule has 3 aromatic heterocycles. The van der Waals surface area contributed by atoms with E-state index in [0.717, 1.165) is 39.6 Å². The molecule has 1 unspecified atom stereocenters. The summed E-state index contributed by atoms with van der Waals surface area (Å²) in [5.74, 6) is -0.370. The van der Waals surface area contributed by atoms with E-state index in [1.807, 2.05) is 42.6 Å². The molecule has 0 radical (unpaired) electrons. The van der Waals surface area contributed by atoms with Crippen molar-refractivity contribution in [3.05, 3.63) is 76.1 Å². The third-order valence-corrected chi connectivity index (χ3v) is 9.50. The maximum absolute atomic E-state index is 13.2. The van der Waals surface area contributed by atoms with Gasteiger partial charge in [0, 0.05) is 42.3 Å². The third-order valence-electron chi connectivity index (χ3n) is 6.63. The van der Waals surface area contributed by atoms with Gasteiger partial charge < -0.3 is 18.6 Å². The number of nitrogens with zero attached hydrogens (tertiary/aromatic N) is 2. The van der Waals surface area contributed by atoms with Crippen LogP contribution >= 0.6 is 11.3 Å². The molecule has 200 valence electrons. The molecule has 1 aromatic carbocycles. The average Bonchev–Trinajstić information content (AvgIpc) is 3.54. The van der Waals surface area contributed by atoms with Gasteiger partial charge in [-0.3, -0.25) is 0 Å². The first-order valence-electron chi connectivity index (χ1n) is 12.7. The van der Waals surface area contributed by atoms with E-state index in [0.29, 0.717) is 24.5 Å². The lowest BCUT2D eigenvalue weighted by Gasteiger charge is -2.32. The minimum absolute atomic E-state index is 0.106. The molecular weight excluding hydrogens is 520 g/mol. The molecule has 0 bridgehead atoms. The van der Waals surface area contributed by atoms with E-state index in [1.165, 1.54) is 11.3 Å². The summed E-state index contributed by atoms with van der Waals surface area (Å²) in [6.45, 7) is 10.1. The van der Waals surface area contributed by atoms with E-state index >= 15 is 0 Å². The summed E-state index contributed by atoms with van der Waals surface area (Å²) in [6, 6.07) is 12.5. The zero-order valence-electron chi connectivity index (χ0n) is 22.1. The number of carbonyl (C=O) groups excluding carboxylic acids is 1. The van der Waals surface area contributed by atoms with E-state index in [1.54, 1.807) is 17.8 Å². The summed E-state index contributed by atoms with van der Waals surface area (Å²) in [5, 5.41) is 5.20. The molecule has 0 N–H and O–H groups in total. The Morgan fingerprint density at radius 2 is 2.03 bits per heavy atom. The molecule has 8 nitrogen and oxygen atoms in total. The third kappa shape index (κ3) is 5.53. The number of rotatable bonds is 9. The molecule has 10 heteroatoms. The molecule has 0 saturated heterocycles. The van der Waals surface area contributed by atoms with E-state index < -0.39 is 25.3 Å². The molecule has 38 heavy (non-hydrogen) atoms. The van der Waals surface area contributed by atoms with Crippen LogP contribution in [0.25, 0.3) is 20.5 Å². The molecule has 1 atom stereocenters. The Balaban J connectivity index is 1.38. The first-order chi connectivity index (χ1) is 18.1. The van der Waals surface area contributed by atoms with Crippen molar-refractivity contribution in [3.8, 4) is 10.4 Å². The van der Waals surface area contributed by atoms with E-state index in [-0.39, 0.29) is 12.4 Å². The number of hydrogen-bond acceptors (Lipinski definition) is 8. The van der Waals surface area contributed by atoms with Crippen LogP contribution in [-0.4, -0.2) is 37.0 Å². The first-order valence-corrected chi connectivity index (χ1v) is 17.2. The fourth-order valence-corrected chi connectivity index (χ4v) is 6.19. The Hall–Kier alpha value is -3.05. The van der Waals surface area contributed by atoms with Crippen LogP contribution in [-0.2, 0) is 44.4 Å². The highest BCUT2D eigenvalue weighted by Gasteiger charge is 2.46. The van der Waals surface area contributed by atoms with Gasteiger partial charge in [-0.1, -0.05) is 50.0 Å². The van der Waals surface area contributed by atoms with Crippen LogP contribution in [0.2, 0.25) is 25.7 Å². The molecule has 1 aliphatic rings. The summed E-state index contributed by atoms with van der Waals surface area (Å²) in [6.07, 6.45) is 4.22. The molecule has 0 spiro atoms. The van der Waals surface area contributed by atoms with Crippen molar-refractivity contribution < 1.29 is 23.4 Å². The lowest BCUT2D eigenvalue weighted by Crippen LogP contribution is -2.42. The quantitative estimate of drug-likeness (QED) is 0.152. The molecular formula is C28H32N2O6SSi. The SMILES string of the molecule is CC1(C(=O)OCc2ccccc2)OCCc2c1oc(=O)c1sc(-c3cnn(COCC[Si](C)(C)C)c3)cc21. The van der Waals surface area contributed by atoms with Crippen LogP contribution in [0, 0.1) is 0 Å². The molecule has 4 heterocycles. The van der Waals surface area contributed by atoms with Crippen LogP contribution < -0.4 is 5.63 Å². The lowest BCUT2D eigenvalue weighted by atomic mass is 9.92. The number of benzene rings is 1. The normalized spacial score (nSPS) is 17.5. The topological polar surface area (TPSA) is 92.8 Å². The molecule has 0 aliphatic carbocycles. The van der Waals surface area contributed by atoms with Gasteiger partial charge >= 0.3 is 11.6 Å². The highest BCUT2D eigenvalue weighted by atomic mass is 32.1. The Kier molecular flexibility index (Phi) is 7.41.